The maximum absolute atomic E-state index is 12.0. The van der Waals surface area contributed by atoms with Gasteiger partial charge in [-0.3, -0.25) is 0 Å². The first-order chi connectivity index (χ1) is 10.2. The second kappa shape index (κ2) is 7.33. The minimum Gasteiger partial charge on any atom is -0.491 e. The number of aryl methyl sites for hydroxylation is 1. The number of carbonyl (C=O) groups excluding carboxylic acids is 1. The zero-order chi connectivity index (χ0) is 15.1. The Balaban J connectivity index is 1.78. The Morgan fingerprint density at radius 3 is 2.48 bits per heavy atom. The number of ether oxygens (including phenoxy) is 1. The van der Waals surface area contributed by atoms with Crippen LogP contribution in [0.4, 0.5) is 10.5 Å². The van der Waals surface area contributed by atoms with Gasteiger partial charge >= 0.3 is 6.03 Å². The van der Waals surface area contributed by atoms with Crippen LogP contribution in [0.25, 0.3) is 0 Å². The molecule has 0 saturated heterocycles. The first-order valence-corrected chi connectivity index (χ1v) is 6.92. The van der Waals surface area contributed by atoms with Gasteiger partial charge in [-0.25, -0.2) is 4.79 Å². The van der Waals surface area contributed by atoms with Crippen LogP contribution in [-0.4, -0.2) is 31.1 Å². The molecule has 4 heteroatoms. The van der Waals surface area contributed by atoms with Crippen LogP contribution in [0.2, 0.25) is 0 Å². The van der Waals surface area contributed by atoms with Crippen LogP contribution >= 0.6 is 0 Å². The van der Waals surface area contributed by atoms with Crippen molar-refractivity contribution in [2.24, 2.45) is 0 Å². The largest absolute Gasteiger partial charge is 0.491 e. The van der Waals surface area contributed by atoms with Crippen molar-refractivity contribution in [3.63, 3.8) is 0 Å². The van der Waals surface area contributed by atoms with Crippen LogP contribution in [0.1, 0.15) is 5.56 Å². The molecule has 0 unspecified atom stereocenters. The van der Waals surface area contributed by atoms with Gasteiger partial charge in [0.05, 0.1) is 6.54 Å². The topological polar surface area (TPSA) is 41.6 Å². The molecule has 0 heterocycles. The Kier molecular flexibility index (Phi) is 5.21. The Morgan fingerprint density at radius 1 is 1.10 bits per heavy atom. The molecule has 2 amide bonds. The van der Waals surface area contributed by atoms with E-state index in [9.17, 15) is 4.79 Å². The molecule has 0 spiro atoms. The van der Waals surface area contributed by atoms with Gasteiger partial charge in [0.15, 0.2) is 0 Å². The van der Waals surface area contributed by atoms with Crippen LogP contribution in [0, 0.1) is 6.92 Å². The van der Waals surface area contributed by atoms with Crippen LogP contribution < -0.4 is 10.1 Å². The molecule has 2 aromatic rings. The van der Waals surface area contributed by atoms with E-state index in [0.29, 0.717) is 13.2 Å². The molecule has 0 atom stereocenters. The summed E-state index contributed by atoms with van der Waals surface area (Å²) in [5.74, 6) is 0.856. The Labute approximate surface area is 125 Å². The second-order valence-electron chi connectivity index (χ2n) is 4.83. The molecule has 21 heavy (non-hydrogen) atoms. The Hall–Kier alpha value is -2.49. The second-order valence-corrected chi connectivity index (χ2v) is 4.83. The highest BCUT2D eigenvalue weighted by atomic mass is 16.5. The van der Waals surface area contributed by atoms with Crippen LogP contribution in [0.15, 0.2) is 54.6 Å². The van der Waals surface area contributed by atoms with Gasteiger partial charge in [0.1, 0.15) is 12.4 Å². The van der Waals surface area contributed by atoms with Crippen molar-refractivity contribution in [2.45, 2.75) is 6.92 Å². The number of amides is 2. The van der Waals surface area contributed by atoms with Gasteiger partial charge < -0.3 is 15.0 Å². The number of urea groups is 1. The number of rotatable bonds is 5. The molecule has 0 bridgehead atoms. The van der Waals surface area contributed by atoms with Gasteiger partial charge in [-0.2, -0.15) is 0 Å². The standard InChI is InChI=1S/C17H20N2O2/c1-14-8-6-7-11-16(14)21-13-12-19(2)17(20)18-15-9-4-3-5-10-15/h3-11H,12-13H2,1-2H3,(H,18,20). The van der Waals surface area contributed by atoms with Gasteiger partial charge in [-0.1, -0.05) is 36.4 Å². The van der Waals surface area contributed by atoms with Gasteiger partial charge in [0.25, 0.3) is 0 Å². The maximum atomic E-state index is 12.0. The number of nitrogens with one attached hydrogen (secondary N) is 1. The Morgan fingerprint density at radius 2 is 1.76 bits per heavy atom. The first-order valence-electron chi connectivity index (χ1n) is 6.92. The molecule has 0 aliphatic rings. The number of nitrogens with zero attached hydrogens (tertiary/aromatic N) is 1. The fourth-order valence-electron chi connectivity index (χ4n) is 1.85. The summed E-state index contributed by atoms with van der Waals surface area (Å²) in [7, 11) is 1.75. The number of anilines is 1. The lowest BCUT2D eigenvalue weighted by Gasteiger charge is -2.18. The van der Waals surface area contributed by atoms with Crippen LogP contribution in [0.3, 0.4) is 0 Å². The third-order valence-corrected chi connectivity index (χ3v) is 3.15. The third-order valence-electron chi connectivity index (χ3n) is 3.15. The SMILES string of the molecule is Cc1ccccc1OCCN(C)C(=O)Nc1ccccc1. The van der Waals surface area contributed by atoms with Gasteiger partial charge in [-0.05, 0) is 30.7 Å². The summed E-state index contributed by atoms with van der Waals surface area (Å²) in [4.78, 5) is 13.6. The third kappa shape index (κ3) is 4.53. The van der Waals surface area contributed by atoms with Gasteiger partial charge in [-0.15, -0.1) is 0 Å². The molecule has 4 nitrogen and oxygen atoms in total. The predicted molar refractivity (Wildman–Crippen MR) is 84.8 cm³/mol. The fraction of sp³-hybridized carbons (Fsp3) is 0.235. The lowest BCUT2D eigenvalue weighted by molar-refractivity contribution is 0.207. The van der Waals surface area contributed by atoms with Crippen molar-refractivity contribution in [3.05, 3.63) is 60.2 Å². The molecule has 0 radical (unpaired) electrons. The summed E-state index contributed by atoms with van der Waals surface area (Å²) >= 11 is 0. The molecule has 0 saturated carbocycles. The van der Waals surface area contributed by atoms with Crippen LogP contribution in [-0.2, 0) is 0 Å². The zero-order valence-corrected chi connectivity index (χ0v) is 12.4. The molecular weight excluding hydrogens is 264 g/mol. The number of para-hydroxylation sites is 2. The summed E-state index contributed by atoms with van der Waals surface area (Å²) in [5, 5.41) is 2.83. The summed E-state index contributed by atoms with van der Waals surface area (Å²) in [6.45, 7) is 2.98. The molecule has 110 valence electrons. The normalized spacial score (nSPS) is 10.0. The lowest BCUT2D eigenvalue weighted by Crippen LogP contribution is -2.34. The van der Waals surface area contributed by atoms with E-state index in [1.165, 1.54) is 0 Å². The van der Waals surface area contributed by atoms with Crippen molar-refractivity contribution in [2.75, 3.05) is 25.5 Å². The number of hydrogen-bond acceptors (Lipinski definition) is 2. The van der Waals surface area contributed by atoms with E-state index in [-0.39, 0.29) is 6.03 Å². The number of hydrogen-bond donors (Lipinski definition) is 1. The van der Waals surface area contributed by atoms with E-state index in [2.05, 4.69) is 5.32 Å². The number of carbonyl (C=O) groups is 1. The zero-order valence-electron chi connectivity index (χ0n) is 12.4. The van der Waals surface area contributed by atoms with Gasteiger partial charge in [0, 0.05) is 12.7 Å². The van der Waals surface area contributed by atoms with E-state index in [1.807, 2.05) is 61.5 Å². The monoisotopic (exact) mass is 284 g/mol. The average Bonchev–Trinajstić information content (AvgIpc) is 2.50. The predicted octanol–water partition coefficient (Wildman–Crippen LogP) is 3.54. The van der Waals surface area contributed by atoms with E-state index < -0.39 is 0 Å². The fourth-order valence-corrected chi connectivity index (χ4v) is 1.85. The molecule has 2 rings (SSSR count). The minimum absolute atomic E-state index is 0.144. The van der Waals surface area contributed by atoms with E-state index in [1.54, 1.807) is 11.9 Å². The van der Waals surface area contributed by atoms with Crippen molar-refractivity contribution < 1.29 is 9.53 Å². The maximum Gasteiger partial charge on any atom is 0.321 e. The van der Waals surface area contributed by atoms with Crippen molar-refractivity contribution in [3.8, 4) is 5.75 Å². The van der Waals surface area contributed by atoms with E-state index in [4.69, 9.17) is 4.74 Å². The summed E-state index contributed by atoms with van der Waals surface area (Å²) in [6, 6.07) is 17.1. The van der Waals surface area contributed by atoms with Crippen LogP contribution in [0.5, 0.6) is 5.75 Å². The Bertz CT molecular complexity index is 584. The number of likely N-dealkylation sites (N-methyl/N-ethyl adjacent to an activating group) is 1. The summed E-state index contributed by atoms with van der Waals surface area (Å²) in [5.41, 5.74) is 1.88. The highest BCUT2D eigenvalue weighted by Crippen LogP contribution is 2.15. The molecule has 1 N–H and O–H groups in total. The average molecular weight is 284 g/mol. The lowest BCUT2D eigenvalue weighted by atomic mass is 10.2. The first kappa shape index (κ1) is 14.9. The highest BCUT2D eigenvalue weighted by Gasteiger charge is 2.08. The summed E-state index contributed by atoms with van der Waals surface area (Å²) in [6.07, 6.45) is 0. The summed E-state index contributed by atoms with van der Waals surface area (Å²) < 4.78 is 5.69. The quantitative estimate of drug-likeness (QED) is 0.912. The minimum atomic E-state index is -0.144. The van der Waals surface area contributed by atoms with E-state index >= 15 is 0 Å². The molecule has 2 aromatic carbocycles. The van der Waals surface area contributed by atoms with Gasteiger partial charge in [0.2, 0.25) is 0 Å². The molecule has 0 fully saturated rings. The van der Waals surface area contributed by atoms with Crippen molar-refractivity contribution in [1.29, 1.82) is 0 Å². The van der Waals surface area contributed by atoms with Crippen molar-refractivity contribution >= 4 is 11.7 Å². The molecule has 0 aliphatic carbocycles. The number of benzene rings is 2. The molecule has 0 aromatic heterocycles. The van der Waals surface area contributed by atoms with Crippen molar-refractivity contribution in [1.82, 2.24) is 4.90 Å². The molecular formula is C17H20N2O2. The highest BCUT2D eigenvalue weighted by molar-refractivity contribution is 5.89. The van der Waals surface area contributed by atoms with E-state index in [0.717, 1.165) is 17.0 Å². The smallest absolute Gasteiger partial charge is 0.321 e. The molecule has 0 aliphatic heterocycles.